The number of ether oxygens (including phenoxy) is 1. The van der Waals surface area contributed by atoms with Crippen LogP contribution in [0.4, 0.5) is 5.69 Å². The fraction of sp³-hybridized carbons (Fsp3) is 0.625. The molecule has 1 aromatic carbocycles. The molecule has 0 spiro atoms. The van der Waals surface area contributed by atoms with Gasteiger partial charge in [-0.15, -0.1) is 0 Å². The Morgan fingerprint density at radius 3 is 2.89 bits per heavy atom. The van der Waals surface area contributed by atoms with Crippen LogP contribution in [0, 0.1) is 5.92 Å². The van der Waals surface area contributed by atoms with E-state index in [0.29, 0.717) is 0 Å². The van der Waals surface area contributed by atoms with Crippen molar-refractivity contribution in [2.75, 3.05) is 18.5 Å². The molecule has 3 rings (SSSR count). The van der Waals surface area contributed by atoms with Gasteiger partial charge < -0.3 is 10.1 Å². The number of fused-ring (bicyclic) bond motifs is 1. The Morgan fingerprint density at radius 2 is 2.00 bits per heavy atom. The summed E-state index contributed by atoms with van der Waals surface area (Å²) in [7, 11) is 0. The quantitative estimate of drug-likeness (QED) is 0.869. The number of rotatable bonds is 3. The van der Waals surface area contributed by atoms with Crippen LogP contribution in [0.5, 0.6) is 5.75 Å². The molecule has 1 aliphatic carbocycles. The third kappa shape index (κ3) is 2.80. The molecule has 98 valence electrons. The number of hydrogen-bond acceptors (Lipinski definition) is 2. The second-order valence-corrected chi connectivity index (χ2v) is 5.66. The maximum absolute atomic E-state index is 5.98. The highest BCUT2D eigenvalue weighted by atomic mass is 16.5. The van der Waals surface area contributed by atoms with Crippen LogP contribution >= 0.6 is 0 Å². The van der Waals surface area contributed by atoms with E-state index in [9.17, 15) is 0 Å². The fourth-order valence-electron chi connectivity index (χ4n) is 3.11. The van der Waals surface area contributed by atoms with Crippen molar-refractivity contribution in [2.24, 2.45) is 5.92 Å². The zero-order valence-corrected chi connectivity index (χ0v) is 11.1. The van der Waals surface area contributed by atoms with Crippen molar-refractivity contribution in [3.8, 4) is 5.75 Å². The van der Waals surface area contributed by atoms with Crippen molar-refractivity contribution in [3.63, 3.8) is 0 Å². The number of nitrogens with one attached hydrogen (secondary N) is 1. The Morgan fingerprint density at radius 1 is 1.11 bits per heavy atom. The highest BCUT2D eigenvalue weighted by Crippen LogP contribution is 2.28. The van der Waals surface area contributed by atoms with Gasteiger partial charge in [0.2, 0.25) is 0 Å². The summed E-state index contributed by atoms with van der Waals surface area (Å²) < 4.78 is 5.98. The van der Waals surface area contributed by atoms with E-state index in [-0.39, 0.29) is 0 Å². The molecular weight excluding hydrogens is 222 g/mol. The Hall–Kier alpha value is -1.18. The minimum absolute atomic E-state index is 0.785. The van der Waals surface area contributed by atoms with E-state index in [1.807, 2.05) is 0 Å². The summed E-state index contributed by atoms with van der Waals surface area (Å²) in [5.41, 5.74) is 2.72. The molecule has 1 heterocycles. The molecule has 0 aromatic heterocycles. The molecule has 0 saturated heterocycles. The van der Waals surface area contributed by atoms with E-state index in [1.165, 1.54) is 56.2 Å². The van der Waals surface area contributed by atoms with Gasteiger partial charge in [-0.05, 0) is 55.4 Å². The van der Waals surface area contributed by atoms with E-state index in [1.54, 1.807) is 0 Å². The lowest BCUT2D eigenvalue weighted by Crippen LogP contribution is -2.16. The average molecular weight is 245 g/mol. The highest BCUT2D eigenvalue weighted by Gasteiger charge is 2.14. The number of hydrogen-bond donors (Lipinski definition) is 1. The molecule has 0 atom stereocenters. The first-order valence-corrected chi connectivity index (χ1v) is 7.41. The predicted octanol–water partition coefficient (Wildman–Crippen LogP) is 4.00. The van der Waals surface area contributed by atoms with Crippen LogP contribution in [0.1, 0.15) is 44.1 Å². The second kappa shape index (κ2) is 5.64. The average Bonchev–Trinajstić information content (AvgIpc) is 2.46. The smallest absolute Gasteiger partial charge is 0.119 e. The van der Waals surface area contributed by atoms with Crippen LogP contribution in [0.2, 0.25) is 0 Å². The third-order valence-electron chi connectivity index (χ3n) is 4.23. The monoisotopic (exact) mass is 245 g/mol. The van der Waals surface area contributed by atoms with Gasteiger partial charge in [0.1, 0.15) is 5.75 Å². The van der Waals surface area contributed by atoms with E-state index in [2.05, 4.69) is 23.5 Å². The summed E-state index contributed by atoms with van der Waals surface area (Å²) in [6.45, 7) is 2.02. The Bertz CT molecular complexity index is 396. The minimum Gasteiger partial charge on any atom is -0.493 e. The molecule has 1 N–H and O–H groups in total. The molecule has 1 aliphatic heterocycles. The summed E-state index contributed by atoms with van der Waals surface area (Å²) >= 11 is 0. The van der Waals surface area contributed by atoms with Crippen molar-refractivity contribution in [1.82, 2.24) is 0 Å². The lowest BCUT2D eigenvalue weighted by atomic mass is 9.90. The number of anilines is 1. The third-order valence-corrected chi connectivity index (χ3v) is 4.23. The van der Waals surface area contributed by atoms with Crippen LogP contribution < -0.4 is 10.1 Å². The summed E-state index contributed by atoms with van der Waals surface area (Å²) in [6, 6.07) is 6.51. The largest absolute Gasteiger partial charge is 0.493 e. The molecule has 18 heavy (non-hydrogen) atoms. The molecule has 0 amide bonds. The summed E-state index contributed by atoms with van der Waals surface area (Å²) in [5, 5.41) is 3.44. The van der Waals surface area contributed by atoms with Crippen LogP contribution in [-0.2, 0) is 6.42 Å². The van der Waals surface area contributed by atoms with Gasteiger partial charge in [0.25, 0.3) is 0 Å². The van der Waals surface area contributed by atoms with Crippen molar-refractivity contribution in [2.45, 2.75) is 44.9 Å². The molecule has 2 nitrogen and oxygen atoms in total. The molecule has 0 bridgehead atoms. The molecule has 0 radical (unpaired) electrons. The van der Waals surface area contributed by atoms with Gasteiger partial charge in [0.05, 0.1) is 6.61 Å². The SMILES string of the molecule is c1cc2c(cc1OCC1CCCCC1)CCCN2. The molecule has 1 saturated carbocycles. The Kier molecular flexibility index (Phi) is 3.72. The Balaban J connectivity index is 1.58. The van der Waals surface area contributed by atoms with Gasteiger partial charge >= 0.3 is 0 Å². The van der Waals surface area contributed by atoms with Gasteiger partial charge in [-0.1, -0.05) is 19.3 Å². The number of benzene rings is 1. The highest BCUT2D eigenvalue weighted by molar-refractivity contribution is 5.55. The van der Waals surface area contributed by atoms with E-state index in [0.717, 1.165) is 24.8 Å². The van der Waals surface area contributed by atoms with Crippen LogP contribution in [0.3, 0.4) is 0 Å². The minimum atomic E-state index is 0.785. The summed E-state index contributed by atoms with van der Waals surface area (Å²) in [4.78, 5) is 0. The molecule has 2 heteroatoms. The topological polar surface area (TPSA) is 21.3 Å². The second-order valence-electron chi connectivity index (χ2n) is 5.66. The molecule has 2 aliphatic rings. The number of aryl methyl sites for hydroxylation is 1. The van der Waals surface area contributed by atoms with Crippen LogP contribution in [0.15, 0.2) is 18.2 Å². The maximum Gasteiger partial charge on any atom is 0.119 e. The van der Waals surface area contributed by atoms with Crippen LogP contribution in [-0.4, -0.2) is 13.2 Å². The molecule has 0 unspecified atom stereocenters. The Labute approximate surface area is 110 Å². The van der Waals surface area contributed by atoms with E-state index in [4.69, 9.17) is 4.74 Å². The zero-order chi connectivity index (χ0) is 12.2. The van der Waals surface area contributed by atoms with Gasteiger partial charge in [-0.2, -0.15) is 0 Å². The summed E-state index contributed by atoms with van der Waals surface area (Å²) in [6.07, 6.45) is 9.33. The first-order valence-electron chi connectivity index (χ1n) is 7.41. The van der Waals surface area contributed by atoms with Crippen molar-refractivity contribution < 1.29 is 4.74 Å². The van der Waals surface area contributed by atoms with Gasteiger partial charge in [-0.3, -0.25) is 0 Å². The van der Waals surface area contributed by atoms with Gasteiger partial charge in [0, 0.05) is 12.2 Å². The van der Waals surface area contributed by atoms with E-state index < -0.39 is 0 Å². The first kappa shape index (κ1) is 11.9. The fourth-order valence-corrected chi connectivity index (χ4v) is 3.11. The first-order chi connectivity index (χ1) is 8.92. The van der Waals surface area contributed by atoms with Crippen LogP contribution in [0.25, 0.3) is 0 Å². The molecule has 1 aromatic rings. The van der Waals surface area contributed by atoms with Gasteiger partial charge in [0.15, 0.2) is 0 Å². The van der Waals surface area contributed by atoms with Crippen molar-refractivity contribution >= 4 is 5.69 Å². The standard InChI is InChI=1S/C16H23NO/c1-2-5-13(6-3-1)12-18-15-8-9-16-14(11-15)7-4-10-17-16/h8-9,11,13,17H,1-7,10,12H2. The lowest BCUT2D eigenvalue weighted by molar-refractivity contribution is 0.208. The van der Waals surface area contributed by atoms with Gasteiger partial charge in [-0.25, -0.2) is 0 Å². The maximum atomic E-state index is 5.98. The van der Waals surface area contributed by atoms with Crippen molar-refractivity contribution in [1.29, 1.82) is 0 Å². The predicted molar refractivity (Wildman–Crippen MR) is 75.3 cm³/mol. The lowest BCUT2D eigenvalue weighted by Gasteiger charge is -2.23. The summed E-state index contributed by atoms with van der Waals surface area (Å²) in [5.74, 6) is 1.84. The zero-order valence-electron chi connectivity index (χ0n) is 11.1. The van der Waals surface area contributed by atoms with E-state index >= 15 is 0 Å². The normalized spacial score (nSPS) is 20.0. The molecule has 1 fully saturated rings. The van der Waals surface area contributed by atoms with Crippen molar-refractivity contribution in [3.05, 3.63) is 23.8 Å². The molecular formula is C16H23NO.